The van der Waals surface area contributed by atoms with Gasteiger partial charge in [0.25, 0.3) is 0 Å². The molecule has 0 spiro atoms. The number of rotatable bonds is 13. The van der Waals surface area contributed by atoms with Crippen molar-refractivity contribution < 1.29 is 24.3 Å². The second-order valence-electron chi connectivity index (χ2n) is 9.36. The van der Waals surface area contributed by atoms with Crippen LogP contribution in [-0.4, -0.2) is 79.4 Å². The lowest BCUT2D eigenvalue weighted by molar-refractivity contribution is -0.142. The van der Waals surface area contributed by atoms with E-state index in [0.717, 1.165) is 13.0 Å². The fourth-order valence-corrected chi connectivity index (χ4v) is 4.07. The minimum atomic E-state index is -1.21. The Bertz CT molecular complexity index is 1000. The van der Waals surface area contributed by atoms with Crippen molar-refractivity contribution >= 4 is 23.7 Å². The van der Waals surface area contributed by atoms with E-state index in [1.807, 2.05) is 13.8 Å². The fraction of sp³-hybridized carbons (Fsp3) is 0.565. The number of hydrogen-bond donors (Lipinski definition) is 7. The summed E-state index contributed by atoms with van der Waals surface area (Å²) >= 11 is 0. The van der Waals surface area contributed by atoms with Crippen molar-refractivity contribution in [3.05, 3.63) is 36.4 Å². The highest BCUT2D eigenvalue weighted by Crippen LogP contribution is 2.10. The van der Waals surface area contributed by atoms with Gasteiger partial charge in [-0.15, -0.1) is 0 Å². The van der Waals surface area contributed by atoms with Gasteiger partial charge in [-0.2, -0.15) is 0 Å². The van der Waals surface area contributed by atoms with E-state index in [9.17, 15) is 24.3 Å². The first-order valence-corrected chi connectivity index (χ1v) is 12.0. The molecule has 0 radical (unpaired) electrons. The van der Waals surface area contributed by atoms with Gasteiger partial charge in [-0.05, 0) is 31.7 Å². The molecule has 2 aromatic rings. The number of aliphatic carboxylic acids is 1. The zero-order valence-electron chi connectivity index (χ0n) is 20.4. The third kappa shape index (κ3) is 7.90. The monoisotopic (exact) mass is 502 g/mol. The number of aromatic nitrogens is 4. The van der Waals surface area contributed by atoms with Gasteiger partial charge in [0.1, 0.15) is 18.1 Å². The zero-order chi connectivity index (χ0) is 26.1. The van der Waals surface area contributed by atoms with Gasteiger partial charge in [-0.1, -0.05) is 13.8 Å². The highest BCUT2D eigenvalue weighted by atomic mass is 16.4. The third-order valence-electron chi connectivity index (χ3n) is 5.92. The largest absolute Gasteiger partial charge is 0.480 e. The van der Waals surface area contributed by atoms with Gasteiger partial charge in [0.2, 0.25) is 17.7 Å². The lowest BCUT2D eigenvalue weighted by atomic mass is 10.0. The Kier molecular flexibility index (Phi) is 9.56. The molecule has 0 bridgehead atoms. The number of imidazole rings is 2. The molecule has 1 fully saturated rings. The van der Waals surface area contributed by atoms with Gasteiger partial charge in [-0.3, -0.25) is 14.4 Å². The zero-order valence-corrected chi connectivity index (χ0v) is 20.4. The molecule has 3 rings (SSSR count). The van der Waals surface area contributed by atoms with Crippen LogP contribution in [0.4, 0.5) is 0 Å². The molecule has 3 amide bonds. The van der Waals surface area contributed by atoms with E-state index < -0.39 is 35.9 Å². The van der Waals surface area contributed by atoms with Gasteiger partial charge < -0.3 is 36.3 Å². The average molecular weight is 503 g/mol. The van der Waals surface area contributed by atoms with Crippen LogP contribution in [0.5, 0.6) is 0 Å². The Morgan fingerprint density at radius 3 is 2.03 bits per heavy atom. The molecule has 4 atom stereocenters. The van der Waals surface area contributed by atoms with Gasteiger partial charge in [0.15, 0.2) is 0 Å². The fourth-order valence-electron chi connectivity index (χ4n) is 4.07. The van der Waals surface area contributed by atoms with Crippen LogP contribution >= 0.6 is 0 Å². The number of hydrogen-bond acceptors (Lipinski definition) is 7. The highest BCUT2D eigenvalue weighted by Gasteiger charge is 2.32. The number of carbonyl (C=O) groups is 4. The standard InChI is InChI=1S/C23H34N8O5/c1-13(2)6-17(21(33)31-19(23(35)36)8-15-10-25-12-28-15)29-22(34)18(7-14-9-24-11-27-14)30-20(32)16-4-3-5-26-16/h9-13,16-19,26H,3-8H2,1-2H3,(H,24,27)(H,25,28)(H,29,34)(H,30,32)(H,31,33)(H,35,36)/t16-,17-,18-,19-/m0/s1. The second kappa shape index (κ2) is 12.8. The second-order valence-corrected chi connectivity index (χ2v) is 9.36. The maximum Gasteiger partial charge on any atom is 0.326 e. The number of amides is 3. The number of nitrogens with one attached hydrogen (secondary N) is 6. The van der Waals surface area contributed by atoms with E-state index in [4.69, 9.17) is 0 Å². The predicted molar refractivity (Wildman–Crippen MR) is 128 cm³/mol. The van der Waals surface area contributed by atoms with Crippen LogP contribution in [0.2, 0.25) is 0 Å². The molecule has 1 aliphatic heterocycles. The molecule has 0 aromatic carbocycles. The summed E-state index contributed by atoms with van der Waals surface area (Å²) in [6, 6.07) is -3.54. The number of carbonyl (C=O) groups excluding carboxylic acids is 3. The number of aromatic amines is 2. The molecular formula is C23H34N8O5. The van der Waals surface area contributed by atoms with Gasteiger partial charge >= 0.3 is 5.97 Å². The van der Waals surface area contributed by atoms with Crippen molar-refractivity contribution in [2.75, 3.05) is 6.54 Å². The minimum absolute atomic E-state index is 0.0102. The van der Waals surface area contributed by atoms with E-state index in [-0.39, 0.29) is 37.1 Å². The molecule has 13 nitrogen and oxygen atoms in total. The summed E-state index contributed by atoms with van der Waals surface area (Å²) in [5.41, 5.74) is 1.19. The molecular weight excluding hydrogens is 468 g/mol. The Morgan fingerprint density at radius 1 is 0.944 bits per heavy atom. The van der Waals surface area contributed by atoms with E-state index in [2.05, 4.69) is 41.2 Å². The summed E-state index contributed by atoms with van der Waals surface area (Å²) in [5, 5.41) is 20.7. The van der Waals surface area contributed by atoms with Gasteiger partial charge in [0.05, 0.1) is 18.7 Å². The first-order chi connectivity index (χ1) is 17.2. The summed E-state index contributed by atoms with van der Waals surface area (Å²) in [6.07, 6.45) is 7.93. The predicted octanol–water partition coefficient (Wildman–Crippen LogP) is -0.745. The smallest absolute Gasteiger partial charge is 0.326 e. The topological polar surface area (TPSA) is 194 Å². The summed E-state index contributed by atoms with van der Waals surface area (Å²) in [6.45, 7) is 4.51. The first kappa shape index (κ1) is 26.9. The Labute approximate surface area is 208 Å². The summed E-state index contributed by atoms with van der Waals surface area (Å²) in [4.78, 5) is 64.5. The molecule has 7 N–H and O–H groups in total. The Balaban J connectivity index is 1.71. The van der Waals surface area contributed by atoms with Crippen molar-refractivity contribution in [3.8, 4) is 0 Å². The molecule has 0 saturated carbocycles. The summed E-state index contributed by atoms with van der Waals surface area (Å²) in [5.74, 6) is -2.63. The van der Waals surface area contributed by atoms with E-state index in [1.165, 1.54) is 18.9 Å². The van der Waals surface area contributed by atoms with Crippen molar-refractivity contribution in [3.63, 3.8) is 0 Å². The molecule has 0 unspecified atom stereocenters. The Hall–Kier alpha value is -3.74. The van der Waals surface area contributed by atoms with E-state index >= 15 is 0 Å². The van der Waals surface area contributed by atoms with Crippen molar-refractivity contribution in [2.24, 2.45) is 5.92 Å². The normalized spacial score (nSPS) is 17.8. The van der Waals surface area contributed by atoms with Crippen LogP contribution in [-0.2, 0) is 32.0 Å². The molecule has 1 saturated heterocycles. The van der Waals surface area contributed by atoms with Crippen LogP contribution in [0.1, 0.15) is 44.5 Å². The first-order valence-electron chi connectivity index (χ1n) is 12.0. The van der Waals surface area contributed by atoms with Crippen molar-refractivity contribution in [2.45, 2.75) is 70.1 Å². The van der Waals surface area contributed by atoms with Crippen LogP contribution in [0, 0.1) is 5.92 Å². The van der Waals surface area contributed by atoms with Crippen LogP contribution in [0.15, 0.2) is 25.0 Å². The molecule has 1 aliphatic rings. The van der Waals surface area contributed by atoms with Crippen LogP contribution in [0.3, 0.4) is 0 Å². The van der Waals surface area contributed by atoms with E-state index in [0.29, 0.717) is 17.8 Å². The molecule has 2 aromatic heterocycles. The van der Waals surface area contributed by atoms with Crippen molar-refractivity contribution in [1.29, 1.82) is 0 Å². The number of carboxylic acid groups (broad SMARTS) is 1. The SMILES string of the molecule is CC(C)C[C@H](NC(=O)[C@H](Cc1cnc[nH]1)NC(=O)[C@@H]1CCCN1)C(=O)N[C@@H](Cc1cnc[nH]1)C(=O)O. The van der Waals surface area contributed by atoms with Crippen molar-refractivity contribution in [1.82, 2.24) is 41.2 Å². The molecule has 36 heavy (non-hydrogen) atoms. The Morgan fingerprint density at radius 2 is 1.53 bits per heavy atom. The van der Waals surface area contributed by atoms with Gasteiger partial charge in [-0.25, -0.2) is 14.8 Å². The molecule has 13 heteroatoms. The lowest BCUT2D eigenvalue weighted by Crippen LogP contribution is -2.58. The number of carboxylic acids is 1. The number of nitrogens with zero attached hydrogens (tertiary/aromatic N) is 2. The molecule has 0 aliphatic carbocycles. The van der Waals surface area contributed by atoms with Crippen LogP contribution in [0.25, 0.3) is 0 Å². The number of H-pyrrole nitrogens is 2. The summed E-state index contributed by atoms with van der Waals surface area (Å²) in [7, 11) is 0. The van der Waals surface area contributed by atoms with Crippen LogP contribution < -0.4 is 21.3 Å². The highest BCUT2D eigenvalue weighted by molar-refractivity contribution is 5.94. The quantitative estimate of drug-likeness (QED) is 0.186. The summed E-state index contributed by atoms with van der Waals surface area (Å²) < 4.78 is 0. The van der Waals surface area contributed by atoms with Gasteiger partial charge in [0, 0.05) is 36.6 Å². The average Bonchev–Trinajstić information content (AvgIpc) is 3.61. The van der Waals surface area contributed by atoms with E-state index in [1.54, 1.807) is 6.20 Å². The third-order valence-corrected chi connectivity index (χ3v) is 5.92. The molecule has 196 valence electrons. The minimum Gasteiger partial charge on any atom is -0.480 e. The lowest BCUT2D eigenvalue weighted by Gasteiger charge is -2.26. The maximum absolute atomic E-state index is 13.3. The maximum atomic E-state index is 13.3. The molecule has 3 heterocycles.